The molecule has 2 aromatic rings. The van der Waals surface area contributed by atoms with E-state index >= 15 is 0 Å². The molecule has 0 aromatic carbocycles. The van der Waals surface area contributed by atoms with Gasteiger partial charge in [-0.1, -0.05) is 0 Å². The van der Waals surface area contributed by atoms with Gasteiger partial charge < -0.3 is 30.3 Å². The van der Waals surface area contributed by atoms with E-state index in [0.29, 0.717) is 0 Å². The smallest absolute Gasteiger partial charge is 0.385 e. The molecule has 3 heterocycles. The Kier molecular flexibility index (Phi) is 7.02. The van der Waals surface area contributed by atoms with Gasteiger partial charge in [-0.05, 0) is 0 Å². The van der Waals surface area contributed by atoms with Crippen LogP contribution in [0.1, 0.15) is 6.23 Å². The van der Waals surface area contributed by atoms with Gasteiger partial charge in [-0.25, -0.2) is 24.1 Å². The molecule has 0 bridgehead atoms. The maximum atomic E-state index is 11.6. The van der Waals surface area contributed by atoms with E-state index in [1.807, 2.05) is 0 Å². The molecule has 5 atom stereocenters. The average Bonchev–Trinajstić information content (AvgIpc) is 3.13. The first-order valence-corrected chi connectivity index (χ1v) is 14.3. The zero-order valence-corrected chi connectivity index (χ0v) is 18.7. The van der Waals surface area contributed by atoms with Gasteiger partial charge in [0.15, 0.2) is 17.7 Å². The normalized spacial score (nSPS) is 26.9. The molecule has 6 N–H and O–H groups in total. The van der Waals surface area contributed by atoms with E-state index in [1.165, 1.54) is 0 Å². The van der Waals surface area contributed by atoms with Crippen LogP contribution in [0.4, 0.5) is 5.82 Å². The Bertz CT molecular complexity index is 1040. The highest BCUT2D eigenvalue weighted by atomic mass is 127. The molecule has 1 aliphatic rings. The maximum Gasteiger partial charge on any atom is 0.481 e. The highest BCUT2D eigenvalue weighted by molar-refractivity contribution is 7.60. The first-order chi connectivity index (χ1) is 14.2. The summed E-state index contributed by atoms with van der Waals surface area (Å²) >= 11 is -6.44. The molecule has 2 aromatic heterocycles. The van der Waals surface area contributed by atoms with Crippen molar-refractivity contribution in [2.45, 2.75) is 24.5 Å². The number of hydrogen-bond acceptors (Lipinski definition) is 14. The third kappa shape index (κ3) is 6.12. The second-order valence-corrected chi connectivity index (χ2v) is 11.4. The van der Waals surface area contributed by atoms with Crippen molar-refractivity contribution in [2.24, 2.45) is 0 Å². The van der Waals surface area contributed by atoms with Gasteiger partial charge >= 0.3 is 35.7 Å². The minimum Gasteiger partial charge on any atom is -0.385 e. The van der Waals surface area contributed by atoms with Crippen LogP contribution in [0.3, 0.4) is 0 Å². The Hall–Kier alpha value is -0.900. The van der Waals surface area contributed by atoms with Crippen molar-refractivity contribution in [2.75, 3.05) is 12.3 Å². The van der Waals surface area contributed by atoms with E-state index in [1.54, 1.807) is 0 Å². The van der Waals surface area contributed by atoms with Crippen LogP contribution in [-0.2, 0) is 25.8 Å². The molecule has 18 nitrogen and oxygen atoms in total. The van der Waals surface area contributed by atoms with E-state index in [4.69, 9.17) is 20.3 Å². The Morgan fingerprint density at radius 3 is 2.52 bits per heavy atom. The molecule has 0 saturated carbocycles. The summed E-state index contributed by atoms with van der Waals surface area (Å²) < 4.78 is 74.6. The highest BCUT2D eigenvalue weighted by Crippen LogP contribution is 2.57. The summed E-state index contributed by atoms with van der Waals surface area (Å²) in [6.07, 6.45) is -4.76. The highest BCUT2D eigenvalue weighted by Gasteiger charge is 2.55. The first-order valence-electron chi connectivity index (χ1n) is 7.77. The summed E-state index contributed by atoms with van der Waals surface area (Å²) in [5.41, 5.74) is 5.81. The molecular formula is C10H14IN5O13P2. The lowest BCUT2D eigenvalue weighted by atomic mass is 10.1. The van der Waals surface area contributed by atoms with Gasteiger partial charge in [0.1, 0.15) is 24.1 Å². The summed E-state index contributed by atoms with van der Waals surface area (Å²) in [6, 6.07) is 0. The number of rotatable bonds is 8. The molecular weight excluding hydrogens is 587 g/mol. The molecule has 3 rings (SSSR count). The van der Waals surface area contributed by atoms with Crippen LogP contribution in [-0.4, -0.2) is 64.2 Å². The van der Waals surface area contributed by atoms with Gasteiger partial charge in [-0.2, -0.15) is 4.31 Å². The second-order valence-electron chi connectivity index (χ2n) is 5.91. The first kappa shape index (κ1) is 24.7. The summed E-state index contributed by atoms with van der Waals surface area (Å²) in [6.45, 7) is -1.08. The van der Waals surface area contributed by atoms with Crippen molar-refractivity contribution in [3.63, 3.8) is 0 Å². The number of nitrogen functional groups attached to an aromatic ring is 1. The monoisotopic (exact) mass is 601 g/mol. The largest absolute Gasteiger partial charge is 0.481 e. The van der Waals surface area contributed by atoms with Crippen LogP contribution in [0.5, 0.6) is 0 Å². The Balaban J connectivity index is 1.86. The molecule has 174 valence electrons. The second kappa shape index (κ2) is 8.80. The number of nitrogens with zero attached hydrogens (tertiary/aromatic N) is 4. The lowest BCUT2D eigenvalue weighted by Crippen LogP contribution is -4.24. The fraction of sp³-hybridized carbons (Fsp3) is 0.500. The van der Waals surface area contributed by atoms with Gasteiger partial charge in [-0.3, -0.25) is 19.4 Å². The number of aliphatic hydroxyl groups is 1. The Morgan fingerprint density at radius 1 is 1.23 bits per heavy atom. The third-order valence-electron chi connectivity index (χ3n) is 3.79. The van der Waals surface area contributed by atoms with Gasteiger partial charge in [-0.15, -0.1) is 0 Å². The zero-order chi connectivity index (χ0) is 23.2. The number of halogens is 1. The SMILES string of the molecule is Nc1ncnc2c1ncn2[C@@H]1O[C@H](COP(=O)(O)OP(=O)(O)O)[C@@H](O[I+3]([O-])([O-])[O-])[C@H]1O. The topological polar surface area (TPSA) is 291 Å². The fourth-order valence-corrected chi connectivity index (χ4v) is 5.65. The zero-order valence-electron chi connectivity index (χ0n) is 14.8. The molecule has 0 amide bonds. The molecule has 0 aliphatic carbocycles. The van der Waals surface area contributed by atoms with Gasteiger partial charge in [0.2, 0.25) is 6.10 Å². The third-order valence-corrected chi connectivity index (χ3v) is 7.16. The lowest BCUT2D eigenvalue weighted by molar-refractivity contribution is -1.92. The summed E-state index contributed by atoms with van der Waals surface area (Å²) in [5.74, 6) is -0.0213. The average molecular weight is 601 g/mol. The molecule has 0 spiro atoms. The van der Waals surface area contributed by atoms with E-state index in [0.717, 1.165) is 17.2 Å². The number of nitrogens with two attached hydrogens (primary N) is 1. The van der Waals surface area contributed by atoms with Crippen molar-refractivity contribution < 1.29 is 76.0 Å². The number of phosphoric acid groups is 2. The molecule has 21 heteroatoms. The number of imidazole rings is 1. The van der Waals surface area contributed by atoms with Crippen molar-refractivity contribution in [3.8, 4) is 0 Å². The van der Waals surface area contributed by atoms with E-state index in [-0.39, 0.29) is 17.0 Å². The van der Waals surface area contributed by atoms with Crippen molar-refractivity contribution in [1.82, 2.24) is 19.5 Å². The minimum absolute atomic E-state index is 0.0213. The lowest BCUT2D eigenvalue weighted by Gasteiger charge is -2.18. The number of phosphoric ester groups is 1. The molecule has 0 radical (unpaired) electrons. The number of aliphatic hydroxyl groups excluding tert-OH is 1. The Labute approximate surface area is 177 Å². The van der Waals surface area contributed by atoms with Crippen LogP contribution in [0, 0.1) is 0 Å². The number of anilines is 1. The molecule has 1 aliphatic heterocycles. The van der Waals surface area contributed by atoms with Gasteiger partial charge in [0.25, 0.3) is 0 Å². The number of fused-ring (bicyclic) bond motifs is 1. The quantitative estimate of drug-likeness (QED) is 0.139. The number of ether oxygens (including phenoxy) is 1. The predicted molar refractivity (Wildman–Crippen MR) is 83.4 cm³/mol. The molecule has 31 heavy (non-hydrogen) atoms. The summed E-state index contributed by atoms with van der Waals surface area (Å²) in [5, 5.41) is 10.5. The van der Waals surface area contributed by atoms with Crippen LogP contribution < -0.4 is 36.1 Å². The Morgan fingerprint density at radius 2 is 1.90 bits per heavy atom. The maximum absolute atomic E-state index is 11.6. The minimum atomic E-state index is -6.44. The van der Waals surface area contributed by atoms with Crippen molar-refractivity contribution >= 4 is 32.6 Å². The van der Waals surface area contributed by atoms with Gasteiger partial charge in [0, 0.05) is 3.07 Å². The van der Waals surface area contributed by atoms with E-state index in [9.17, 15) is 29.4 Å². The summed E-state index contributed by atoms with van der Waals surface area (Å²) in [7, 11) is -10.8. The fourth-order valence-electron chi connectivity index (χ4n) is 2.70. The van der Waals surface area contributed by atoms with E-state index < -0.39 is 66.9 Å². The van der Waals surface area contributed by atoms with Crippen LogP contribution in [0.2, 0.25) is 0 Å². The number of hydrogen-bond donors (Lipinski definition) is 5. The molecule has 1 fully saturated rings. The predicted octanol–water partition coefficient (Wildman–Crippen LogP) is -7.82. The summed E-state index contributed by atoms with van der Waals surface area (Å²) in [4.78, 5) is 38.1. The van der Waals surface area contributed by atoms with Crippen LogP contribution in [0.15, 0.2) is 12.7 Å². The standard InChI is InChI=1S/C10H14IN5O13P2/c12-8-5-9(14-2-13-8)16(3-15-5)10-6(17)7(28-11(18,19)20)4(27-10)1-26-31(24,25)29-30(21,22)23/h2-4,6-7,10,17H,1H2,(H,24,25)(H2,12,13,14)(H2,21,22,23)/t4-,6-,7-,10-/m1/s1. The van der Waals surface area contributed by atoms with Crippen molar-refractivity contribution in [1.29, 1.82) is 0 Å². The number of aromatic nitrogens is 4. The molecule has 1 saturated heterocycles. The van der Waals surface area contributed by atoms with Gasteiger partial charge in [0.05, 0.1) is 12.9 Å². The molecule has 1 unspecified atom stereocenters. The van der Waals surface area contributed by atoms with Crippen molar-refractivity contribution in [3.05, 3.63) is 12.7 Å². The van der Waals surface area contributed by atoms with E-state index in [2.05, 4.69) is 26.9 Å². The van der Waals surface area contributed by atoms with Crippen LogP contribution >= 0.6 is 15.6 Å². The van der Waals surface area contributed by atoms with Crippen LogP contribution in [0.25, 0.3) is 11.2 Å².